The summed E-state index contributed by atoms with van der Waals surface area (Å²) < 4.78 is 0. The van der Waals surface area contributed by atoms with Gasteiger partial charge in [-0.2, -0.15) is 0 Å². The lowest BCUT2D eigenvalue weighted by Gasteiger charge is -2.38. The van der Waals surface area contributed by atoms with Crippen LogP contribution in [0.15, 0.2) is 0 Å². The van der Waals surface area contributed by atoms with Crippen LogP contribution < -0.4 is 5.32 Å². The molecule has 1 saturated carbocycles. The molecule has 18 heavy (non-hydrogen) atoms. The van der Waals surface area contributed by atoms with Crippen molar-refractivity contribution < 1.29 is 5.11 Å². The molecule has 0 radical (unpaired) electrons. The Hall–Kier alpha value is -0.160. The van der Waals surface area contributed by atoms with Crippen molar-refractivity contribution in [2.24, 2.45) is 0 Å². The molecule has 0 aromatic carbocycles. The molecule has 1 unspecified atom stereocenters. The van der Waals surface area contributed by atoms with Crippen molar-refractivity contribution in [2.45, 2.75) is 44.2 Å². The van der Waals surface area contributed by atoms with Gasteiger partial charge < -0.3 is 15.3 Å². The first-order valence-electron chi connectivity index (χ1n) is 7.58. The molecule has 1 atom stereocenters. The van der Waals surface area contributed by atoms with E-state index in [4.69, 9.17) is 5.11 Å². The third-order valence-corrected chi connectivity index (χ3v) is 4.67. The monoisotopic (exact) mass is 255 g/mol. The maximum atomic E-state index is 9.15. The molecule has 0 bridgehead atoms. The second-order valence-electron chi connectivity index (χ2n) is 5.77. The van der Waals surface area contributed by atoms with E-state index >= 15 is 0 Å². The second-order valence-corrected chi connectivity index (χ2v) is 5.77. The van der Waals surface area contributed by atoms with Gasteiger partial charge in [-0.25, -0.2) is 0 Å². The first-order valence-corrected chi connectivity index (χ1v) is 7.58. The predicted molar refractivity (Wildman–Crippen MR) is 74.8 cm³/mol. The average molecular weight is 255 g/mol. The quantitative estimate of drug-likeness (QED) is 0.726. The lowest BCUT2D eigenvalue weighted by atomic mass is 10.1. The molecule has 1 aliphatic carbocycles. The maximum absolute atomic E-state index is 9.15. The Bertz CT molecular complexity index is 219. The number of rotatable bonds is 6. The van der Waals surface area contributed by atoms with E-state index in [2.05, 4.69) is 15.1 Å². The summed E-state index contributed by atoms with van der Waals surface area (Å²) in [7, 11) is 1.93. The lowest BCUT2D eigenvalue weighted by Crippen LogP contribution is -2.50. The van der Waals surface area contributed by atoms with E-state index in [-0.39, 0.29) is 12.6 Å². The average Bonchev–Trinajstić information content (AvgIpc) is 2.94. The molecule has 0 spiro atoms. The van der Waals surface area contributed by atoms with Crippen LogP contribution in [0, 0.1) is 0 Å². The number of nitrogens with zero attached hydrogens (tertiary/aromatic N) is 2. The molecule has 1 saturated heterocycles. The van der Waals surface area contributed by atoms with E-state index in [1.807, 2.05) is 7.05 Å². The minimum atomic E-state index is 0.249. The maximum Gasteiger partial charge on any atom is 0.0585 e. The third kappa shape index (κ3) is 3.92. The van der Waals surface area contributed by atoms with E-state index in [1.165, 1.54) is 51.9 Å². The zero-order valence-electron chi connectivity index (χ0n) is 11.8. The Kier molecular flexibility index (Phi) is 5.89. The van der Waals surface area contributed by atoms with Crippen LogP contribution in [0.2, 0.25) is 0 Å². The molecule has 0 aromatic heterocycles. The lowest BCUT2D eigenvalue weighted by molar-refractivity contribution is 0.0931. The molecular formula is C14H29N3O. The minimum absolute atomic E-state index is 0.249. The van der Waals surface area contributed by atoms with Crippen molar-refractivity contribution in [3.8, 4) is 0 Å². The Balaban J connectivity index is 1.63. The summed E-state index contributed by atoms with van der Waals surface area (Å²) in [4.78, 5) is 5.25. The van der Waals surface area contributed by atoms with Crippen molar-refractivity contribution in [3.05, 3.63) is 0 Å². The standard InChI is InChI=1S/C14H29N3O/c1-15-13(12-18)6-7-16-8-10-17(11-9-16)14-4-2-3-5-14/h13-15,18H,2-12H2,1H3. The van der Waals surface area contributed by atoms with Gasteiger partial charge >= 0.3 is 0 Å². The number of hydrogen-bond donors (Lipinski definition) is 2. The topological polar surface area (TPSA) is 38.7 Å². The largest absolute Gasteiger partial charge is 0.395 e. The molecule has 4 heteroatoms. The van der Waals surface area contributed by atoms with Crippen LogP contribution >= 0.6 is 0 Å². The Labute approximate surface area is 111 Å². The Morgan fingerprint density at radius 3 is 2.39 bits per heavy atom. The molecule has 2 aliphatic rings. The number of piperazine rings is 1. The van der Waals surface area contributed by atoms with Crippen molar-refractivity contribution in [2.75, 3.05) is 46.4 Å². The molecule has 0 amide bonds. The normalized spacial score (nSPS) is 25.7. The molecule has 2 rings (SSSR count). The van der Waals surface area contributed by atoms with Gasteiger partial charge in [-0.1, -0.05) is 12.8 Å². The highest BCUT2D eigenvalue weighted by Gasteiger charge is 2.25. The van der Waals surface area contributed by atoms with Crippen LogP contribution in [0.5, 0.6) is 0 Å². The smallest absolute Gasteiger partial charge is 0.0585 e. The summed E-state index contributed by atoms with van der Waals surface area (Å²) in [6.45, 7) is 6.27. The van der Waals surface area contributed by atoms with E-state index in [9.17, 15) is 0 Å². The van der Waals surface area contributed by atoms with Gasteiger partial charge in [-0.3, -0.25) is 4.90 Å². The fourth-order valence-electron chi connectivity index (χ4n) is 3.29. The number of likely N-dealkylation sites (N-methyl/N-ethyl adjacent to an activating group) is 1. The van der Waals surface area contributed by atoms with Gasteiger partial charge in [0.1, 0.15) is 0 Å². The third-order valence-electron chi connectivity index (χ3n) is 4.67. The van der Waals surface area contributed by atoms with Gasteiger partial charge in [-0.05, 0) is 32.9 Å². The Morgan fingerprint density at radius 1 is 1.17 bits per heavy atom. The summed E-state index contributed by atoms with van der Waals surface area (Å²) in [5, 5.41) is 12.3. The highest BCUT2D eigenvalue weighted by atomic mass is 16.3. The molecular weight excluding hydrogens is 226 g/mol. The van der Waals surface area contributed by atoms with Gasteiger partial charge in [-0.15, -0.1) is 0 Å². The summed E-state index contributed by atoms with van der Waals surface area (Å²) in [6, 6.07) is 1.15. The number of nitrogens with one attached hydrogen (secondary N) is 1. The van der Waals surface area contributed by atoms with Crippen LogP contribution in [0.3, 0.4) is 0 Å². The van der Waals surface area contributed by atoms with E-state index < -0.39 is 0 Å². The SMILES string of the molecule is CNC(CO)CCN1CCN(C2CCCC2)CC1. The van der Waals surface area contributed by atoms with Crippen LogP contribution in [0.25, 0.3) is 0 Å². The molecule has 0 aromatic rings. The number of hydrogen-bond acceptors (Lipinski definition) is 4. The molecule has 106 valence electrons. The summed E-state index contributed by atoms with van der Waals surface area (Å²) in [5.41, 5.74) is 0. The first kappa shape index (κ1) is 14.3. The predicted octanol–water partition coefficient (Wildman–Crippen LogP) is 0.517. The fraction of sp³-hybridized carbons (Fsp3) is 1.00. The summed E-state index contributed by atoms with van der Waals surface area (Å²) >= 11 is 0. The second kappa shape index (κ2) is 7.43. The van der Waals surface area contributed by atoms with E-state index in [0.717, 1.165) is 19.0 Å². The summed E-state index contributed by atoms with van der Waals surface area (Å²) in [5.74, 6) is 0. The van der Waals surface area contributed by atoms with Crippen molar-refractivity contribution in [1.82, 2.24) is 15.1 Å². The van der Waals surface area contributed by atoms with Crippen LogP contribution in [0.1, 0.15) is 32.1 Å². The highest BCUT2D eigenvalue weighted by Crippen LogP contribution is 2.24. The molecule has 1 aliphatic heterocycles. The fourth-order valence-corrected chi connectivity index (χ4v) is 3.29. The van der Waals surface area contributed by atoms with Gasteiger partial charge in [0.15, 0.2) is 0 Å². The Morgan fingerprint density at radius 2 is 1.83 bits per heavy atom. The van der Waals surface area contributed by atoms with Gasteiger partial charge in [0.25, 0.3) is 0 Å². The van der Waals surface area contributed by atoms with Crippen molar-refractivity contribution >= 4 is 0 Å². The van der Waals surface area contributed by atoms with Crippen molar-refractivity contribution in [3.63, 3.8) is 0 Å². The zero-order chi connectivity index (χ0) is 12.8. The molecule has 2 fully saturated rings. The zero-order valence-corrected chi connectivity index (χ0v) is 11.8. The van der Waals surface area contributed by atoms with E-state index in [1.54, 1.807) is 0 Å². The highest BCUT2D eigenvalue weighted by molar-refractivity contribution is 4.82. The van der Waals surface area contributed by atoms with E-state index in [0.29, 0.717) is 0 Å². The first-order chi connectivity index (χ1) is 8.83. The van der Waals surface area contributed by atoms with Crippen LogP contribution in [-0.4, -0.2) is 73.4 Å². The van der Waals surface area contributed by atoms with Crippen molar-refractivity contribution in [1.29, 1.82) is 0 Å². The number of aliphatic hydroxyl groups excluding tert-OH is 1. The van der Waals surface area contributed by atoms with Gasteiger partial charge in [0.05, 0.1) is 6.61 Å². The molecule has 4 nitrogen and oxygen atoms in total. The van der Waals surface area contributed by atoms with Gasteiger partial charge in [0, 0.05) is 38.3 Å². The van der Waals surface area contributed by atoms with Gasteiger partial charge in [0.2, 0.25) is 0 Å². The molecule has 1 heterocycles. The van der Waals surface area contributed by atoms with Crippen LogP contribution in [0.4, 0.5) is 0 Å². The number of aliphatic hydroxyl groups is 1. The van der Waals surface area contributed by atoms with Crippen LogP contribution in [-0.2, 0) is 0 Å². The molecule has 2 N–H and O–H groups in total. The summed E-state index contributed by atoms with van der Waals surface area (Å²) in [6.07, 6.45) is 6.77. The minimum Gasteiger partial charge on any atom is -0.395 e.